The molecule has 0 aromatic heterocycles. The lowest BCUT2D eigenvalue weighted by molar-refractivity contribution is 0.216. The quantitative estimate of drug-likeness (QED) is 0.376. The van der Waals surface area contributed by atoms with E-state index in [9.17, 15) is 4.21 Å². The van der Waals surface area contributed by atoms with E-state index in [-0.39, 0.29) is 28.7 Å². The molecule has 1 rings (SSSR count). The molecule has 1 fully saturated rings. The summed E-state index contributed by atoms with van der Waals surface area (Å²) in [6.07, 6.45) is 4.92. The van der Waals surface area contributed by atoms with Crippen molar-refractivity contribution in [3.63, 3.8) is 0 Å². The van der Waals surface area contributed by atoms with Gasteiger partial charge in [-0.3, -0.25) is 9.20 Å². The molecule has 0 saturated heterocycles. The Kier molecular flexibility index (Phi) is 10.3. The van der Waals surface area contributed by atoms with Crippen molar-refractivity contribution in [1.82, 2.24) is 10.6 Å². The number of hydrogen-bond acceptors (Lipinski definition) is 2. The molecule has 1 saturated carbocycles. The molecule has 6 heteroatoms. The molecule has 1 aliphatic carbocycles. The molecule has 0 amide bonds. The highest BCUT2D eigenvalue weighted by atomic mass is 127. The molecule has 1 atom stereocenters. The molecule has 0 spiro atoms. The summed E-state index contributed by atoms with van der Waals surface area (Å²) in [6, 6.07) is 0.513. The first-order chi connectivity index (χ1) is 10.1. The number of rotatable bonds is 5. The summed E-state index contributed by atoms with van der Waals surface area (Å²) < 4.78 is 11.9. The van der Waals surface area contributed by atoms with E-state index in [1.807, 2.05) is 20.8 Å². The third kappa shape index (κ3) is 9.27. The van der Waals surface area contributed by atoms with Crippen LogP contribution in [0.15, 0.2) is 4.99 Å². The fourth-order valence-electron chi connectivity index (χ4n) is 2.60. The lowest BCUT2D eigenvalue weighted by Gasteiger charge is -2.35. The van der Waals surface area contributed by atoms with Crippen molar-refractivity contribution in [3.8, 4) is 0 Å². The number of nitrogens with one attached hydrogen (secondary N) is 2. The van der Waals surface area contributed by atoms with Gasteiger partial charge in [-0.25, -0.2) is 0 Å². The van der Waals surface area contributed by atoms with E-state index in [1.54, 1.807) is 0 Å². The van der Waals surface area contributed by atoms with Crippen LogP contribution in [0.1, 0.15) is 67.2 Å². The zero-order valence-corrected chi connectivity index (χ0v) is 18.8. The molecule has 0 radical (unpaired) electrons. The van der Waals surface area contributed by atoms with Crippen molar-refractivity contribution in [2.24, 2.45) is 10.4 Å². The maximum atomic E-state index is 12.1. The van der Waals surface area contributed by atoms with Crippen LogP contribution in [0.3, 0.4) is 0 Å². The SMILES string of the molecule is CCNC(=NCCS(=O)C(C)(C)C)NC1CCC(C)(C)CC1.I. The summed E-state index contributed by atoms with van der Waals surface area (Å²) >= 11 is 0. The molecule has 0 bridgehead atoms. The second-order valence-electron chi connectivity index (χ2n) is 8.01. The van der Waals surface area contributed by atoms with E-state index in [1.165, 1.54) is 25.7 Å². The van der Waals surface area contributed by atoms with Gasteiger partial charge in [-0.1, -0.05) is 13.8 Å². The first-order valence-corrected chi connectivity index (χ1v) is 9.89. The van der Waals surface area contributed by atoms with Crippen molar-refractivity contribution in [2.75, 3.05) is 18.8 Å². The zero-order chi connectivity index (χ0) is 16.8. The Bertz CT molecular complexity index is 395. The predicted molar refractivity (Wildman–Crippen MR) is 113 cm³/mol. The Hall–Kier alpha value is 0.150. The largest absolute Gasteiger partial charge is 0.357 e. The highest BCUT2D eigenvalue weighted by Crippen LogP contribution is 2.34. The van der Waals surface area contributed by atoms with E-state index in [0.717, 1.165) is 12.5 Å². The van der Waals surface area contributed by atoms with Crippen molar-refractivity contribution in [2.45, 2.75) is 78.0 Å². The van der Waals surface area contributed by atoms with Gasteiger partial charge >= 0.3 is 0 Å². The summed E-state index contributed by atoms with van der Waals surface area (Å²) in [4.78, 5) is 4.60. The van der Waals surface area contributed by atoms with Crippen LogP contribution in [-0.2, 0) is 10.8 Å². The maximum Gasteiger partial charge on any atom is 0.191 e. The van der Waals surface area contributed by atoms with Gasteiger partial charge in [0.1, 0.15) is 0 Å². The van der Waals surface area contributed by atoms with E-state index < -0.39 is 10.8 Å². The fourth-order valence-corrected chi connectivity index (χ4v) is 3.47. The summed E-state index contributed by atoms with van der Waals surface area (Å²) in [5.41, 5.74) is 0.483. The summed E-state index contributed by atoms with van der Waals surface area (Å²) in [6.45, 7) is 14.3. The molecule has 0 heterocycles. The zero-order valence-electron chi connectivity index (χ0n) is 15.7. The average molecular weight is 457 g/mol. The molecule has 1 unspecified atom stereocenters. The van der Waals surface area contributed by atoms with Crippen LogP contribution in [0.2, 0.25) is 0 Å². The molecule has 0 aromatic carbocycles. The Morgan fingerprint density at radius 2 is 1.83 bits per heavy atom. The number of nitrogens with zero attached hydrogens (tertiary/aromatic N) is 1. The van der Waals surface area contributed by atoms with Gasteiger partial charge in [0.15, 0.2) is 5.96 Å². The van der Waals surface area contributed by atoms with Crippen LogP contribution in [0.4, 0.5) is 0 Å². The highest BCUT2D eigenvalue weighted by Gasteiger charge is 2.27. The third-order valence-electron chi connectivity index (χ3n) is 4.25. The lowest BCUT2D eigenvalue weighted by atomic mass is 9.75. The van der Waals surface area contributed by atoms with E-state index in [2.05, 4.69) is 36.4 Å². The smallest absolute Gasteiger partial charge is 0.191 e. The molecule has 0 aromatic rings. The van der Waals surface area contributed by atoms with Crippen LogP contribution in [0.5, 0.6) is 0 Å². The minimum atomic E-state index is -0.837. The second kappa shape index (κ2) is 10.2. The van der Waals surface area contributed by atoms with Crippen molar-refractivity contribution in [1.29, 1.82) is 0 Å². The molecular weight excluding hydrogens is 421 g/mol. The van der Waals surface area contributed by atoms with Crippen molar-refractivity contribution < 1.29 is 4.21 Å². The van der Waals surface area contributed by atoms with Gasteiger partial charge in [-0.05, 0) is 58.8 Å². The normalized spacial score (nSPS) is 20.5. The van der Waals surface area contributed by atoms with Gasteiger partial charge in [-0.15, -0.1) is 24.0 Å². The highest BCUT2D eigenvalue weighted by molar-refractivity contribution is 14.0. The second-order valence-corrected chi connectivity index (χ2v) is 10.3. The van der Waals surface area contributed by atoms with Crippen molar-refractivity contribution in [3.05, 3.63) is 0 Å². The van der Waals surface area contributed by atoms with Crippen LogP contribution in [0, 0.1) is 5.41 Å². The minimum absolute atomic E-state index is 0. The van der Waals surface area contributed by atoms with Crippen LogP contribution in [-0.4, -0.2) is 39.8 Å². The molecule has 23 heavy (non-hydrogen) atoms. The Balaban J connectivity index is 0.00000484. The molecule has 2 N–H and O–H groups in total. The first-order valence-electron chi connectivity index (χ1n) is 8.57. The van der Waals surface area contributed by atoms with Gasteiger partial charge < -0.3 is 10.6 Å². The van der Waals surface area contributed by atoms with Gasteiger partial charge in [0.25, 0.3) is 0 Å². The Morgan fingerprint density at radius 3 is 2.30 bits per heavy atom. The van der Waals surface area contributed by atoms with Crippen LogP contribution >= 0.6 is 24.0 Å². The minimum Gasteiger partial charge on any atom is -0.357 e. The average Bonchev–Trinajstić information content (AvgIpc) is 2.40. The molecule has 0 aliphatic heterocycles. The first kappa shape index (κ1) is 23.1. The van der Waals surface area contributed by atoms with E-state index >= 15 is 0 Å². The summed E-state index contributed by atoms with van der Waals surface area (Å²) in [5, 5.41) is 6.85. The van der Waals surface area contributed by atoms with Gasteiger partial charge in [0, 0.05) is 33.9 Å². The van der Waals surface area contributed by atoms with Gasteiger partial charge in [-0.2, -0.15) is 0 Å². The van der Waals surface area contributed by atoms with Crippen molar-refractivity contribution >= 4 is 40.7 Å². The number of hydrogen-bond donors (Lipinski definition) is 2. The Labute approximate surface area is 162 Å². The van der Waals surface area contributed by atoms with Gasteiger partial charge in [0.05, 0.1) is 6.54 Å². The van der Waals surface area contributed by atoms with Gasteiger partial charge in [0.2, 0.25) is 0 Å². The number of guanidine groups is 1. The topological polar surface area (TPSA) is 53.5 Å². The molecular formula is C17H36IN3OS. The number of aliphatic imine (C=N–C) groups is 1. The third-order valence-corrected chi connectivity index (χ3v) is 6.17. The Morgan fingerprint density at radius 1 is 1.26 bits per heavy atom. The summed E-state index contributed by atoms with van der Waals surface area (Å²) in [5.74, 6) is 1.50. The molecule has 4 nitrogen and oxygen atoms in total. The molecule has 138 valence electrons. The maximum absolute atomic E-state index is 12.1. The van der Waals surface area contributed by atoms with Crippen LogP contribution < -0.4 is 10.6 Å². The van der Waals surface area contributed by atoms with E-state index in [0.29, 0.717) is 23.8 Å². The predicted octanol–water partition coefficient (Wildman–Crippen LogP) is 3.68. The lowest BCUT2D eigenvalue weighted by Crippen LogP contribution is -2.45. The number of halogens is 1. The molecule has 1 aliphatic rings. The monoisotopic (exact) mass is 457 g/mol. The summed E-state index contributed by atoms with van der Waals surface area (Å²) in [7, 11) is -0.837. The van der Waals surface area contributed by atoms with E-state index in [4.69, 9.17) is 0 Å². The fraction of sp³-hybridized carbons (Fsp3) is 0.941. The van der Waals surface area contributed by atoms with Crippen LogP contribution in [0.25, 0.3) is 0 Å². The standard InChI is InChI=1S/C17H35N3OS.HI/c1-7-18-15(19-12-13-22(21)16(2,3)4)20-14-8-10-17(5,6)11-9-14;/h14H,7-13H2,1-6H3,(H2,18,19,20);1H.